The van der Waals surface area contributed by atoms with Crippen LogP contribution in [0.3, 0.4) is 0 Å². The van der Waals surface area contributed by atoms with Gasteiger partial charge in [0.1, 0.15) is 8.07 Å². The zero-order chi connectivity index (χ0) is 16.4. The van der Waals surface area contributed by atoms with Crippen molar-refractivity contribution in [1.29, 1.82) is 0 Å². The van der Waals surface area contributed by atoms with Crippen molar-refractivity contribution in [3.63, 3.8) is 0 Å². The Morgan fingerprint density at radius 1 is 0.762 bits per heavy atom. The molecule has 1 heterocycles. The van der Waals surface area contributed by atoms with E-state index < -0.39 is 16.1 Å². The molecule has 0 nitrogen and oxygen atoms in total. The molecule has 0 bridgehead atoms. The lowest BCUT2D eigenvalue weighted by molar-refractivity contribution is 0.830. The fourth-order valence-corrected chi connectivity index (χ4v) is 16.8. The Balaban J connectivity index is 3.32. The van der Waals surface area contributed by atoms with Crippen LogP contribution in [-0.2, 0) is 0 Å². The van der Waals surface area contributed by atoms with E-state index in [4.69, 9.17) is 0 Å². The Bertz CT molecular complexity index is 390. The first-order valence-electron chi connectivity index (χ1n) is 8.63. The van der Waals surface area contributed by atoms with Crippen LogP contribution in [0.5, 0.6) is 0 Å². The van der Waals surface area contributed by atoms with E-state index in [1.54, 1.807) is 9.06 Å². The van der Waals surface area contributed by atoms with Crippen LogP contribution in [0.1, 0.15) is 54.4 Å². The Morgan fingerprint density at radius 2 is 1.14 bits per heavy atom. The number of thioether (sulfide) groups is 1. The van der Waals surface area contributed by atoms with Crippen LogP contribution in [0, 0.1) is 0 Å². The van der Waals surface area contributed by atoms with Gasteiger partial charge in [-0.3, -0.25) is 0 Å². The van der Waals surface area contributed by atoms with E-state index in [0.29, 0.717) is 0 Å². The van der Waals surface area contributed by atoms with Gasteiger partial charge >= 0.3 is 0 Å². The van der Waals surface area contributed by atoms with E-state index in [1.807, 2.05) is 0 Å². The van der Waals surface area contributed by atoms with E-state index in [-0.39, 0.29) is 0 Å². The van der Waals surface area contributed by atoms with Crippen LogP contribution in [0.4, 0.5) is 0 Å². The first kappa shape index (κ1) is 19.3. The van der Waals surface area contributed by atoms with Crippen molar-refractivity contribution in [2.24, 2.45) is 0 Å². The van der Waals surface area contributed by atoms with Crippen molar-refractivity contribution in [3.05, 3.63) is 21.2 Å². The van der Waals surface area contributed by atoms with Crippen LogP contribution in [0.25, 0.3) is 0 Å². The highest BCUT2D eigenvalue weighted by molar-refractivity contribution is 8.10. The molecule has 0 radical (unpaired) electrons. The molecule has 0 aliphatic carbocycles. The smallest absolute Gasteiger partial charge is 0.102 e. The summed E-state index contributed by atoms with van der Waals surface area (Å²) in [5.41, 5.74) is 2.45. The normalized spacial score (nSPS) is 18.1. The second-order valence-corrected chi connectivity index (χ2v) is 21.2. The number of hydrogen-bond acceptors (Lipinski definition) is 1. The first-order chi connectivity index (χ1) is 9.54. The van der Waals surface area contributed by atoms with Gasteiger partial charge in [-0.1, -0.05) is 73.3 Å². The van der Waals surface area contributed by atoms with Gasteiger partial charge in [-0.05, 0) is 38.5 Å². The Morgan fingerprint density at radius 3 is 1.48 bits per heavy atom. The zero-order valence-corrected chi connectivity index (χ0v) is 18.5. The fraction of sp³-hybridized carbons (Fsp3) is 0.778. The molecule has 0 spiro atoms. The molecule has 0 saturated carbocycles. The average molecular weight is 341 g/mol. The van der Waals surface area contributed by atoms with Gasteiger partial charge in [0.15, 0.2) is 0 Å². The number of hydrogen-bond donors (Lipinski definition) is 0. The first-order valence-corrected chi connectivity index (χ1v) is 15.2. The second kappa shape index (κ2) is 7.22. The highest BCUT2D eigenvalue weighted by Crippen LogP contribution is 2.53. The zero-order valence-electron chi connectivity index (χ0n) is 15.7. The van der Waals surface area contributed by atoms with Gasteiger partial charge in [-0.25, -0.2) is 0 Å². The molecule has 21 heavy (non-hydrogen) atoms. The van der Waals surface area contributed by atoms with E-state index in [0.717, 1.165) is 16.6 Å². The Hall–Kier alpha value is 0.264. The molecule has 0 aromatic heterocycles. The fourth-order valence-electron chi connectivity index (χ4n) is 4.21. The maximum Gasteiger partial charge on any atom is 0.102 e. The average Bonchev–Trinajstić information content (AvgIpc) is 2.53. The summed E-state index contributed by atoms with van der Waals surface area (Å²) in [4.78, 5) is 0. The van der Waals surface area contributed by atoms with Gasteiger partial charge in [-0.15, -0.1) is 11.8 Å². The third-order valence-electron chi connectivity index (χ3n) is 5.08. The van der Waals surface area contributed by atoms with Crippen molar-refractivity contribution >= 4 is 27.9 Å². The minimum Gasteiger partial charge on any atom is -0.109 e. The van der Waals surface area contributed by atoms with Crippen LogP contribution in [0.15, 0.2) is 21.2 Å². The van der Waals surface area contributed by atoms with E-state index in [1.165, 1.54) is 12.8 Å². The van der Waals surface area contributed by atoms with Crippen LogP contribution in [-0.4, -0.2) is 16.1 Å². The molecule has 0 unspecified atom stereocenters. The number of rotatable bonds is 5. The van der Waals surface area contributed by atoms with Gasteiger partial charge in [0, 0.05) is 0 Å². The topological polar surface area (TPSA) is 0 Å². The molecular formula is C18H36SSi2. The summed E-state index contributed by atoms with van der Waals surface area (Å²) in [6, 6.07) is 0. The highest BCUT2D eigenvalue weighted by atomic mass is 32.2. The molecule has 1 aliphatic heterocycles. The summed E-state index contributed by atoms with van der Waals surface area (Å²) in [5, 5.41) is 0. The lowest BCUT2D eigenvalue weighted by Crippen LogP contribution is -2.46. The van der Waals surface area contributed by atoms with Crippen LogP contribution >= 0.6 is 11.8 Å². The largest absolute Gasteiger partial charge is 0.109 e. The van der Waals surface area contributed by atoms with Crippen LogP contribution < -0.4 is 0 Å². The molecule has 122 valence electrons. The minimum atomic E-state index is -1.47. The SMILES string of the molecule is CC(C)[Si](C1=CCCC=C([Si](C)(C)C)S1)(C(C)C)C(C)C. The maximum atomic E-state index is 2.63. The lowest BCUT2D eigenvalue weighted by Gasteiger charge is -2.45. The number of allylic oxidation sites excluding steroid dienone is 2. The summed E-state index contributed by atoms with van der Waals surface area (Å²) < 4.78 is 3.53. The third kappa shape index (κ3) is 3.97. The molecule has 0 N–H and O–H groups in total. The predicted molar refractivity (Wildman–Crippen MR) is 107 cm³/mol. The Labute approximate surface area is 139 Å². The van der Waals surface area contributed by atoms with Crippen molar-refractivity contribution in [3.8, 4) is 0 Å². The van der Waals surface area contributed by atoms with Gasteiger partial charge in [-0.2, -0.15) is 0 Å². The van der Waals surface area contributed by atoms with Crippen molar-refractivity contribution in [2.75, 3.05) is 0 Å². The highest BCUT2D eigenvalue weighted by Gasteiger charge is 2.47. The molecule has 0 saturated heterocycles. The van der Waals surface area contributed by atoms with Gasteiger partial charge in [0.2, 0.25) is 0 Å². The van der Waals surface area contributed by atoms with Gasteiger partial charge in [0.05, 0.1) is 8.07 Å². The summed E-state index contributed by atoms with van der Waals surface area (Å²) in [6.07, 6.45) is 7.67. The molecule has 1 aliphatic rings. The molecule has 0 atom stereocenters. The van der Waals surface area contributed by atoms with Crippen molar-refractivity contribution in [1.82, 2.24) is 0 Å². The summed E-state index contributed by atoms with van der Waals surface area (Å²) >= 11 is 2.20. The second-order valence-electron chi connectivity index (χ2n) is 8.46. The molecule has 0 aromatic carbocycles. The molecule has 0 aromatic rings. The standard InChI is InChI=1S/C18H36SSi2/c1-14(2)21(15(3)4,16(5)6)18-13-11-10-12-17(19-18)20(7,8)9/h12-16H,10-11H2,1-9H3. The van der Waals surface area contributed by atoms with E-state index >= 15 is 0 Å². The monoisotopic (exact) mass is 340 g/mol. The quantitative estimate of drug-likeness (QED) is 0.470. The molecule has 0 fully saturated rings. The lowest BCUT2D eigenvalue weighted by atomic mass is 10.3. The van der Waals surface area contributed by atoms with Crippen molar-refractivity contribution < 1.29 is 0 Å². The summed E-state index contributed by atoms with van der Waals surface area (Å²) in [6.45, 7) is 22.4. The molecule has 0 amide bonds. The minimum absolute atomic E-state index is 0.817. The molecular weight excluding hydrogens is 304 g/mol. The Kier molecular flexibility index (Phi) is 6.64. The third-order valence-corrected chi connectivity index (χ3v) is 17.8. The molecule has 1 rings (SSSR count). The van der Waals surface area contributed by atoms with Gasteiger partial charge < -0.3 is 0 Å². The predicted octanol–water partition coefficient (Wildman–Crippen LogP) is 7.38. The van der Waals surface area contributed by atoms with Crippen molar-refractivity contribution in [2.45, 2.75) is 90.6 Å². The van der Waals surface area contributed by atoms with Crippen LogP contribution in [0.2, 0.25) is 36.3 Å². The van der Waals surface area contributed by atoms with Gasteiger partial charge in [0.25, 0.3) is 0 Å². The summed E-state index contributed by atoms with van der Waals surface area (Å²) in [7, 11) is -2.68. The molecule has 3 heteroatoms. The summed E-state index contributed by atoms with van der Waals surface area (Å²) in [5.74, 6) is 0. The van der Waals surface area contributed by atoms with E-state index in [2.05, 4.69) is 85.1 Å². The maximum absolute atomic E-state index is 2.63. The van der Waals surface area contributed by atoms with E-state index in [9.17, 15) is 0 Å².